The number of nitrogens with one attached hydrogen (secondary N) is 1. The molecule has 3 aromatic rings. The molecule has 0 saturated carbocycles. The van der Waals surface area contributed by atoms with E-state index in [1.165, 1.54) is 0 Å². The lowest BCUT2D eigenvalue weighted by molar-refractivity contribution is 0.0938. The molecular weight excluding hydrogens is 366 g/mol. The number of hydrogen-bond donors (Lipinski definition) is 1. The summed E-state index contributed by atoms with van der Waals surface area (Å²) in [6, 6.07) is 13.3. The maximum atomic E-state index is 13.1. The molecular formula is C22H25N5O2. The van der Waals surface area contributed by atoms with Crippen LogP contribution in [0.15, 0.2) is 54.9 Å². The number of anilines is 1. The van der Waals surface area contributed by atoms with Gasteiger partial charge in [0, 0.05) is 36.2 Å². The number of amides is 1. The van der Waals surface area contributed by atoms with Crippen LogP contribution >= 0.6 is 0 Å². The topological polar surface area (TPSA) is 72.3 Å². The third-order valence-corrected chi connectivity index (χ3v) is 5.23. The number of rotatable bonds is 5. The Balaban J connectivity index is 1.53. The van der Waals surface area contributed by atoms with Gasteiger partial charge >= 0.3 is 0 Å². The first-order valence-electron chi connectivity index (χ1n) is 9.83. The van der Waals surface area contributed by atoms with Gasteiger partial charge in [-0.3, -0.25) is 4.79 Å². The van der Waals surface area contributed by atoms with E-state index in [-0.39, 0.29) is 11.9 Å². The van der Waals surface area contributed by atoms with Gasteiger partial charge in [0.05, 0.1) is 31.0 Å². The van der Waals surface area contributed by atoms with E-state index >= 15 is 0 Å². The maximum absolute atomic E-state index is 13.1. The Morgan fingerprint density at radius 3 is 2.66 bits per heavy atom. The zero-order chi connectivity index (χ0) is 20.2. The molecule has 29 heavy (non-hydrogen) atoms. The van der Waals surface area contributed by atoms with Crippen LogP contribution in [0.3, 0.4) is 0 Å². The minimum atomic E-state index is -0.183. The second kappa shape index (κ2) is 8.45. The van der Waals surface area contributed by atoms with Gasteiger partial charge in [-0.15, -0.1) is 0 Å². The van der Waals surface area contributed by atoms with Crippen molar-refractivity contribution in [2.45, 2.75) is 19.9 Å². The molecule has 0 unspecified atom stereocenters. The van der Waals surface area contributed by atoms with Crippen molar-refractivity contribution in [3.05, 3.63) is 71.7 Å². The Morgan fingerprint density at radius 2 is 1.90 bits per heavy atom. The highest BCUT2D eigenvalue weighted by Gasteiger charge is 2.21. The number of aromatic nitrogens is 3. The Hall–Kier alpha value is -3.19. The number of carbonyl (C=O) groups is 1. The fourth-order valence-corrected chi connectivity index (χ4v) is 3.66. The van der Waals surface area contributed by atoms with Crippen LogP contribution in [-0.2, 0) is 4.74 Å². The van der Waals surface area contributed by atoms with Gasteiger partial charge in [0.25, 0.3) is 5.91 Å². The van der Waals surface area contributed by atoms with Gasteiger partial charge in [-0.1, -0.05) is 18.2 Å². The smallest absolute Gasteiger partial charge is 0.253 e. The molecule has 3 heterocycles. The molecule has 1 amide bonds. The van der Waals surface area contributed by atoms with E-state index in [0.29, 0.717) is 18.8 Å². The fourth-order valence-electron chi connectivity index (χ4n) is 3.66. The average Bonchev–Trinajstić information content (AvgIpc) is 3.16. The van der Waals surface area contributed by atoms with E-state index in [1.54, 1.807) is 17.1 Å². The summed E-state index contributed by atoms with van der Waals surface area (Å²) >= 11 is 0. The third-order valence-electron chi connectivity index (χ3n) is 5.23. The Morgan fingerprint density at radius 1 is 1.14 bits per heavy atom. The molecule has 1 aliphatic rings. The van der Waals surface area contributed by atoms with Gasteiger partial charge in [0.2, 0.25) is 0 Å². The van der Waals surface area contributed by atoms with Crippen LogP contribution in [0.25, 0.3) is 5.82 Å². The van der Waals surface area contributed by atoms with E-state index < -0.39 is 0 Å². The van der Waals surface area contributed by atoms with Crippen LogP contribution in [0.2, 0.25) is 0 Å². The van der Waals surface area contributed by atoms with Gasteiger partial charge in [-0.2, -0.15) is 5.10 Å². The summed E-state index contributed by atoms with van der Waals surface area (Å²) in [5.41, 5.74) is 3.54. The number of hydrogen-bond acceptors (Lipinski definition) is 5. The van der Waals surface area contributed by atoms with E-state index in [2.05, 4.69) is 20.3 Å². The molecule has 0 radical (unpaired) electrons. The molecule has 0 spiro atoms. The molecule has 1 fully saturated rings. The lowest BCUT2D eigenvalue weighted by Gasteiger charge is -2.30. The molecule has 7 nitrogen and oxygen atoms in total. The van der Waals surface area contributed by atoms with Gasteiger partial charge in [-0.05, 0) is 38.1 Å². The first-order valence-corrected chi connectivity index (χ1v) is 9.83. The van der Waals surface area contributed by atoms with E-state index in [0.717, 1.165) is 35.9 Å². The average molecular weight is 391 g/mol. The number of pyridine rings is 1. The van der Waals surface area contributed by atoms with E-state index in [9.17, 15) is 4.79 Å². The van der Waals surface area contributed by atoms with Crippen LogP contribution < -0.4 is 10.2 Å². The summed E-state index contributed by atoms with van der Waals surface area (Å²) in [5.74, 6) is 0.664. The molecule has 1 atom stereocenters. The van der Waals surface area contributed by atoms with Crippen molar-refractivity contribution < 1.29 is 9.53 Å². The maximum Gasteiger partial charge on any atom is 0.253 e. The quantitative estimate of drug-likeness (QED) is 0.724. The highest BCUT2D eigenvalue weighted by atomic mass is 16.5. The van der Waals surface area contributed by atoms with Gasteiger partial charge < -0.3 is 15.0 Å². The lowest BCUT2D eigenvalue weighted by atomic mass is 10.1. The SMILES string of the molecule is Cc1c([C@@H](C)NC(=O)c2ccccc2N2CCOCC2)cnn1-c1ccccn1. The third kappa shape index (κ3) is 4.00. The van der Waals surface area contributed by atoms with Crippen molar-refractivity contribution in [1.29, 1.82) is 0 Å². The van der Waals surface area contributed by atoms with Crippen LogP contribution in [0.4, 0.5) is 5.69 Å². The molecule has 1 saturated heterocycles. The molecule has 0 aliphatic carbocycles. The molecule has 1 N–H and O–H groups in total. The molecule has 1 aliphatic heterocycles. The predicted molar refractivity (Wildman–Crippen MR) is 111 cm³/mol. The van der Waals surface area contributed by atoms with Gasteiger partial charge in [0.1, 0.15) is 0 Å². The number of ether oxygens (including phenoxy) is 1. The summed E-state index contributed by atoms with van der Waals surface area (Å²) in [6.07, 6.45) is 3.53. The molecule has 150 valence electrons. The largest absolute Gasteiger partial charge is 0.378 e. The summed E-state index contributed by atoms with van der Waals surface area (Å²) in [6.45, 7) is 6.89. The van der Waals surface area contributed by atoms with Crippen LogP contribution in [0.5, 0.6) is 0 Å². The molecule has 0 bridgehead atoms. The summed E-state index contributed by atoms with van der Waals surface area (Å²) in [7, 11) is 0. The Bertz CT molecular complexity index is 980. The van der Waals surface area contributed by atoms with Crippen molar-refractivity contribution in [3.63, 3.8) is 0 Å². The van der Waals surface area contributed by atoms with E-state index in [4.69, 9.17) is 4.74 Å². The summed E-state index contributed by atoms with van der Waals surface area (Å²) in [4.78, 5) is 19.6. The van der Waals surface area contributed by atoms with Crippen molar-refractivity contribution >= 4 is 11.6 Å². The monoisotopic (exact) mass is 391 g/mol. The normalized spacial score (nSPS) is 15.2. The molecule has 2 aromatic heterocycles. The summed E-state index contributed by atoms with van der Waals surface area (Å²) < 4.78 is 7.23. The first-order chi connectivity index (χ1) is 14.1. The van der Waals surface area contributed by atoms with Crippen molar-refractivity contribution in [2.24, 2.45) is 0 Å². The zero-order valence-corrected chi connectivity index (χ0v) is 16.7. The number of benzene rings is 1. The minimum absolute atomic E-state index is 0.0930. The number of carbonyl (C=O) groups excluding carboxylic acids is 1. The van der Waals surface area contributed by atoms with Crippen molar-refractivity contribution in [1.82, 2.24) is 20.1 Å². The molecule has 7 heteroatoms. The van der Waals surface area contributed by atoms with Crippen molar-refractivity contribution in [3.8, 4) is 5.82 Å². The van der Waals surface area contributed by atoms with E-state index in [1.807, 2.05) is 56.3 Å². The number of para-hydroxylation sites is 1. The second-order valence-electron chi connectivity index (χ2n) is 7.10. The van der Waals surface area contributed by atoms with Crippen molar-refractivity contribution in [2.75, 3.05) is 31.2 Å². The van der Waals surface area contributed by atoms with Gasteiger partial charge in [0.15, 0.2) is 5.82 Å². The number of nitrogens with zero attached hydrogens (tertiary/aromatic N) is 4. The first kappa shape index (κ1) is 19.1. The fraction of sp³-hybridized carbons (Fsp3) is 0.318. The molecule has 4 rings (SSSR count). The Kier molecular flexibility index (Phi) is 5.57. The van der Waals surface area contributed by atoms with Crippen LogP contribution in [-0.4, -0.2) is 47.0 Å². The van der Waals surface area contributed by atoms with Crippen LogP contribution in [0, 0.1) is 6.92 Å². The predicted octanol–water partition coefficient (Wildman–Crippen LogP) is 2.90. The number of morpholine rings is 1. The summed E-state index contributed by atoms with van der Waals surface area (Å²) in [5, 5.41) is 7.59. The van der Waals surface area contributed by atoms with Gasteiger partial charge in [-0.25, -0.2) is 9.67 Å². The standard InChI is InChI=1S/C22H25N5O2/c1-16(19-15-24-27(17(19)2)21-9-5-6-10-23-21)25-22(28)18-7-3-4-8-20(18)26-11-13-29-14-12-26/h3-10,15-16H,11-14H2,1-2H3,(H,25,28)/t16-/m1/s1. The molecule has 1 aromatic carbocycles. The highest BCUT2D eigenvalue weighted by molar-refractivity contribution is 6.00. The minimum Gasteiger partial charge on any atom is -0.378 e. The second-order valence-corrected chi connectivity index (χ2v) is 7.10. The highest BCUT2D eigenvalue weighted by Crippen LogP contribution is 2.24. The zero-order valence-electron chi connectivity index (χ0n) is 16.7. The Labute approximate surface area is 170 Å². The lowest BCUT2D eigenvalue weighted by Crippen LogP contribution is -2.38. The van der Waals surface area contributed by atoms with Crippen LogP contribution in [0.1, 0.15) is 34.6 Å².